The van der Waals surface area contributed by atoms with Gasteiger partial charge in [-0.05, 0) is 38.3 Å². The number of carboxylic acid groups (broad SMARTS) is 1. The van der Waals surface area contributed by atoms with E-state index in [9.17, 15) is 19.5 Å². The van der Waals surface area contributed by atoms with E-state index in [1.54, 1.807) is 22.9 Å². The monoisotopic (exact) mass is 304 g/mol. The summed E-state index contributed by atoms with van der Waals surface area (Å²) in [7, 11) is 0. The van der Waals surface area contributed by atoms with Crippen LogP contribution in [-0.2, 0) is 15.1 Å². The number of allylic oxidation sites excluding steroid dienone is 1. The number of amides is 1. The number of carbonyl (C=O) groups is 3. The Hall–Kier alpha value is -2.57. The second-order valence-electron chi connectivity index (χ2n) is 5.73. The van der Waals surface area contributed by atoms with Crippen molar-refractivity contribution in [1.82, 2.24) is 9.88 Å². The third-order valence-electron chi connectivity index (χ3n) is 4.47. The summed E-state index contributed by atoms with van der Waals surface area (Å²) in [5.41, 5.74) is -0.754. The summed E-state index contributed by atoms with van der Waals surface area (Å²) >= 11 is 0. The van der Waals surface area contributed by atoms with Gasteiger partial charge in [-0.3, -0.25) is 14.4 Å². The maximum atomic E-state index is 12.5. The highest BCUT2D eigenvalue weighted by Gasteiger charge is 2.51. The van der Waals surface area contributed by atoms with E-state index in [4.69, 9.17) is 5.11 Å². The van der Waals surface area contributed by atoms with E-state index in [1.807, 2.05) is 0 Å². The molecule has 1 amide bonds. The second-order valence-corrected chi connectivity index (χ2v) is 5.73. The molecule has 0 aromatic carbocycles. The Balaban J connectivity index is 2.03. The molecule has 0 saturated heterocycles. The highest BCUT2D eigenvalue weighted by Crippen LogP contribution is 2.48. The third kappa shape index (κ3) is 1.78. The average molecular weight is 304 g/mol. The fourth-order valence-electron chi connectivity index (χ4n) is 3.05. The van der Waals surface area contributed by atoms with Crippen LogP contribution in [0.2, 0.25) is 0 Å². The van der Waals surface area contributed by atoms with Gasteiger partial charge in [-0.25, -0.2) is 0 Å². The lowest BCUT2D eigenvalue weighted by atomic mass is 9.71. The first-order chi connectivity index (χ1) is 10.4. The number of hydrogen-bond acceptors (Lipinski definition) is 4. The van der Waals surface area contributed by atoms with E-state index < -0.39 is 29.2 Å². The number of nitrogens with zero attached hydrogens (tertiary/aromatic N) is 1. The Morgan fingerprint density at radius 3 is 2.64 bits per heavy atom. The van der Waals surface area contributed by atoms with Gasteiger partial charge in [0.1, 0.15) is 22.9 Å². The predicted molar refractivity (Wildman–Crippen MR) is 75.5 cm³/mol. The Bertz CT molecular complexity index is 711. The summed E-state index contributed by atoms with van der Waals surface area (Å²) in [4.78, 5) is 35.6. The number of Topliss-reactive ketones (excluding diaryl/α,β-unsaturated/α-hetero) is 1. The largest absolute Gasteiger partial charge is 0.509 e. The standard InChI is InChI=1S/C15H16N2O5/c1-8(14(21)22)16-13(20)10-11(18)9-4-2-7-17(9)15(12(10)19)5-3-6-15/h2,4,7-8,19H,3,5-6H2,1H3,(H,16,20)(H,21,22). The van der Waals surface area contributed by atoms with Crippen molar-refractivity contribution in [3.63, 3.8) is 0 Å². The van der Waals surface area contributed by atoms with E-state index in [0.29, 0.717) is 18.5 Å². The summed E-state index contributed by atoms with van der Waals surface area (Å²) in [5, 5.41) is 21.6. The molecule has 1 atom stereocenters. The number of ketones is 1. The molecule has 7 heteroatoms. The molecule has 2 aliphatic rings. The second kappa shape index (κ2) is 4.72. The van der Waals surface area contributed by atoms with E-state index in [-0.39, 0.29) is 11.3 Å². The van der Waals surface area contributed by atoms with Crippen molar-refractivity contribution < 1.29 is 24.6 Å². The smallest absolute Gasteiger partial charge is 0.325 e. The van der Waals surface area contributed by atoms with E-state index >= 15 is 0 Å². The normalized spacial score (nSPS) is 20.3. The van der Waals surface area contributed by atoms with Crippen LogP contribution in [0.4, 0.5) is 0 Å². The van der Waals surface area contributed by atoms with Crippen LogP contribution in [0, 0.1) is 0 Å². The van der Waals surface area contributed by atoms with Crippen LogP contribution < -0.4 is 5.32 Å². The lowest BCUT2D eigenvalue weighted by Crippen LogP contribution is -2.50. The van der Waals surface area contributed by atoms with Crippen LogP contribution in [0.15, 0.2) is 29.7 Å². The lowest BCUT2D eigenvalue weighted by Gasteiger charge is -2.46. The Kier molecular flexibility index (Phi) is 3.09. The molecular weight excluding hydrogens is 288 g/mol. The van der Waals surface area contributed by atoms with Gasteiger partial charge in [-0.15, -0.1) is 0 Å². The zero-order valence-electron chi connectivity index (χ0n) is 12.0. The summed E-state index contributed by atoms with van der Waals surface area (Å²) in [5.74, 6) is -2.91. The Labute approximate surface area is 126 Å². The maximum absolute atomic E-state index is 12.5. The number of aliphatic hydroxyl groups is 1. The van der Waals surface area contributed by atoms with Gasteiger partial charge in [-0.2, -0.15) is 0 Å². The van der Waals surface area contributed by atoms with Crippen LogP contribution in [0.3, 0.4) is 0 Å². The molecule has 3 rings (SSSR count). The zero-order chi connectivity index (χ0) is 16.1. The van der Waals surface area contributed by atoms with Gasteiger partial charge in [0.05, 0.1) is 5.69 Å². The zero-order valence-corrected chi connectivity index (χ0v) is 12.0. The average Bonchev–Trinajstić information content (AvgIpc) is 2.86. The van der Waals surface area contributed by atoms with Crippen molar-refractivity contribution in [2.75, 3.05) is 0 Å². The number of fused-ring (bicyclic) bond motifs is 2. The van der Waals surface area contributed by atoms with Gasteiger partial charge < -0.3 is 20.1 Å². The van der Waals surface area contributed by atoms with Gasteiger partial charge in [0.25, 0.3) is 5.91 Å². The van der Waals surface area contributed by atoms with Crippen LogP contribution in [0.1, 0.15) is 36.7 Å². The molecule has 1 aromatic rings. The van der Waals surface area contributed by atoms with Crippen molar-refractivity contribution in [1.29, 1.82) is 0 Å². The molecule has 7 nitrogen and oxygen atoms in total. The number of carbonyl (C=O) groups excluding carboxylic acids is 2. The molecule has 1 spiro atoms. The lowest BCUT2D eigenvalue weighted by molar-refractivity contribution is -0.140. The van der Waals surface area contributed by atoms with E-state index in [1.165, 1.54) is 6.92 Å². The molecule has 22 heavy (non-hydrogen) atoms. The number of aliphatic carboxylic acids is 1. The van der Waals surface area contributed by atoms with E-state index in [2.05, 4.69) is 5.32 Å². The van der Waals surface area contributed by atoms with Crippen LogP contribution in [0.25, 0.3) is 0 Å². The summed E-state index contributed by atoms with van der Waals surface area (Å²) in [6.07, 6.45) is 3.88. The number of hydrogen-bond donors (Lipinski definition) is 3. The first-order valence-electron chi connectivity index (χ1n) is 7.08. The number of aliphatic hydroxyl groups excluding tert-OH is 1. The van der Waals surface area contributed by atoms with Crippen LogP contribution in [0.5, 0.6) is 0 Å². The molecule has 1 unspecified atom stereocenters. The highest BCUT2D eigenvalue weighted by molar-refractivity contribution is 6.26. The highest BCUT2D eigenvalue weighted by atomic mass is 16.4. The summed E-state index contributed by atoms with van der Waals surface area (Å²) in [6.45, 7) is 1.30. The number of rotatable bonds is 3. The molecule has 1 aromatic heterocycles. The maximum Gasteiger partial charge on any atom is 0.325 e. The molecule has 1 aliphatic heterocycles. The van der Waals surface area contributed by atoms with Crippen molar-refractivity contribution >= 4 is 17.7 Å². The minimum Gasteiger partial charge on any atom is -0.509 e. The molecule has 1 aliphatic carbocycles. The predicted octanol–water partition coefficient (Wildman–Crippen LogP) is 0.965. The quantitative estimate of drug-likeness (QED) is 0.721. The van der Waals surface area contributed by atoms with Gasteiger partial charge in [0.2, 0.25) is 5.78 Å². The fourth-order valence-corrected chi connectivity index (χ4v) is 3.05. The van der Waals surface area contributed by atoms with Crippen molar-refractivity contribution in [3.8, 4) is 0 Å². The molecule has 3 N–H and O–H groups in total. The molecule has 1 saturated carbocycles. The fraction of sp³-hybridized carbons (Fsp3) is 0.400. The van der Waals surface area contributed by atoms with Crippen molar-refractivity contribution in [3.05, 3.63) is 35.4 Å². The minimum absolute atomic E-state index is 0.262. The van der Waals surface area contributed by atoms with Crippen molar-refractivity contribution in [2.24, 2.45) is 0 Å². The van der Waals surface area contributed by atoms with Gasteiger partial charge >= 0.3 is 5.97 Å². The molecule has 1 fully saturated rings. The SMILES string of the molecule is CC(NC(=O)C1=C(O)C2(CCC2)n2cccc2C1=O)C(=O)O. The first-order valence-corrected chi connectivity index (χ1v) is 7.08. The molecular formula is C15H16N2O5. The number of nitrogens with one attached hydrogen (secondary N) is 1. The Morgan fingerprint density at radius 2 is 2.09 bits per heavy atom. The minimum atomic E-state index is -1.21. The van der Waals surface area contributed by atoms with Crippen LogP contribution >= 0.6 is 0 Å². The van der Waals surface area contributed by atoms with E-state index in [0.717, 1.165) is 6.42 Å². The van der Waals surface area contributed by atoms with Gasteiger partial charge in [0.15, 0.2) is 0 Å². The Morgan fingerprint density at radius 1 is 1.41 bits per heavy atom. The molecule has 0 radical (unpaired) electrons. The number of carboxylic acids is 1. The van der Waals surface area contributed by atoms with Crippen LogP contribution in [-0.4, -0.2) is 38.5 Å². The molecule has 2 heterocycles. The first kappa shape index (κ1) is 14.4. The molecule has 116 valence electrons. The summed E-state index contributed by atoms with van der Waals surface area (Å²) in [6, 6.07) is 2.15. The molecule has 0 bridgehead atoms. The number of aromatic nitrogens is 1. The topological polar surface area (TPSA) is 109 Å². The van der Waals surface area contributed by atoms with Gasteiger partial charge in [0, 0.05) is 6.20 Å². The third-order valence-corrected chi connectivity index (χ3v) is 4.47. The van der Waals surface area contributed by atoms with Gasteiger partial charge in [-0.1, -0.05) is 0 Å². The van der Waals surface area contributed by atoms with Crippen molar-refractivity contribution in [2.45, 2.75) is 37.8 Å². The summed E-state index contributed by atoms with van der Waals surface area (Å²) < 4.78 is 1.71.